The third-order valence-electron chi connectivity index (χ3n) is 3.88. The number of aryl methyl sites for hydroxylation is 1. The molecule has 0 unspecified atom stereocenters. The molecule has 1 atom stereocenters. The Balaban J connectivity index is 1.75. The highest BCUT2D eigenvalue weighted by Gasteiger charge is 2.34. The third kappa shape index (κ3) is 3.25. The number of carbonyl (C=O) groups is 2. The molecule has 2 heterocycles. The summed E-state index contributed by atoms with van der Waals surface area (Å²) < 4.78 is 11.9. The van der Waals surface area contributed by atoms with Gasteiger partial charge in [0.2, 0.25) is 11.9 Å². The van der Waals surface area contributed by atoms with Crippen molar-refractivity contribution < 1.29 is 19.1 Å². The molecular weight excluding hydrogens is 326 g/mol. The van der Waals surface area contributed by atoms with E-state index in [4.69, 9.17) is 9.47 Å². The molecular formula is C16H19N5O4. The van der Waals surface area contributed by atoms with Crippen molar-refractivity contribution in [1.29, 1.82) is 0 Å². The zero-order valence-electron chi connectivity index (χ0n) is 14.2. The highest BCUT2D eigenvalue weighted by Crippen LogP contribution is 2.30. The summed E-state index contributed by atoms with van der Waals surface area (Å²) in [7, 11) is 3.05. The van der Waals surface area contributed by atoms with Gasteiger partial charge in [-0.05, 0) is 12.1 Å². The smallest absolute Gasteiger partial charge is 0.252 e. The second-order valence-electron chi connectivity index (χ2n) is 5.47. The number of amides is 2. The van der Waals surface area contributed by atoms with E-state index in [1.54, 1.807) is 18.2 Å². The van der Waals surface area contributed by atoms with E-state index in [1.165, 1.54) is 18.9 Å². The Labute approximate surface area is 144 Å². The normalized spacial score (nSPS) is 15.5. The predicted octanol–water partition coefficient (Wildman–Crippen LogP) is 1.38. The van der Waals surface area contributed by atoms with Crippen molar-refractivity contribution in [2.24, 2.45) is 0 Å². The second kappa shape index (κ2) is 6.80. The molecule has 0 saturated heterocycles. The van der Waals surface area contributed by atoms with Crippen LogP contribution in [0.4, 0.5) is 11.6 Å². The van der Waals surface area contributed by atoms with Crippen LogP contribution in [0.2, 0.25) is 0 Å². The number of hydrogen-bond acceptors (Lipinski definition) is 6. The fourth-order valence-corrected chi connectivity index (χ4v) is 2.59. The van der Waals surface area contributed by atoms with Crippen molar-refractivity contribution in [3.05, 3.63) is 24.0 Å². The molecule has 1 aliphatic rings. The summed E-state index contributed by atoms with van der Waals surface area (Å²) in [5.41, 5.74) is 0.471. The van der Waals surface area contributed by atoms with E-state index >= 15 is 0 Å². The first-order valence-electron chi connectivity index (χ1n) is 7.83. The number of nitrogens with one attached hydrogen (secondary N) is 2. The topological polar surface area (TPSA) is 107 Å². The summed E-state index contributed by atoms with van der Waals surface area (Å²) in [4.78, 5) is 28.7. The van der Waals surface area contributed by atoms with E-state index in [0.717, 1.165) is 0 Å². The maximum Gasteiger partial charge on any atom is 0.252 e. The first-order chi connectivity index (χ1) is 12.0. The van der Waals surface area contributed by atoms with Crippen LogP contribution in [0.25, 0.3) is 0 Å². The summed E-state index contributed by atoms with van der Waals surface area (Å²) in [6.07, 6.45) is 0.585. The molecule has 0 bridgehead atoms. The fraction of sp³-hybridized carbons (Fsp3) is 0.375. The molecule has 0 spiro atoms. The molecule has 2 aromatic rings. The summed E-state index contributed by atoms with van der Waals surface area (Å²) in [5.74, 6) is 1.44. The summed E-state index contributed by atoms with van der Waals surface area (Å²) in [6.45, 7) is 1.92. The molecule has 0 radical (unpaired) electrons. The van der Waals surface area contributed by atoms with Gasteiger partial charge in [-0.2, -0.15) is 10.1 Å². The van der Waals surface area contributed by atoms with Crippen molar-refractivity contribution in [1.82, 2.24) is 14.8 Å². The van der Waals surface area contributed by atoms with E-state index in [1.807, 2.05) is 6.92 Å². The van der Waals surface area contributed by atoms with Crippen LogP contribution >= 0.6 is 0 Å². The Bertz CT molecular complexity index is 817. The number of ether oxygens (including phenoxy) is 2. The molecule has 9 heteroatoms. The Morgan fingerprint density at radius 3 is 2.84 bits per heavy atom. The number of carbonyl (C=O) groups excluding carboxylic acids is 2. The SMILES string of the molecule is CCc1nc2n(n1)[C@H](CC(=O)Nc1cc(OC)ccc1OC)C(=O)N2. The Kier molecular flexibility index (Phi) is 4.55. The van der Waals surface area contributed by atoms with E-state index in [0.29, 0.717) is 35.4 Å². The standard InChI is InChI=1S/C16H19N5O4/c1-4-13-18-16-19-15(23)11(21(16)20-13)8-14(22)17-10-7-9(24-2)5-6-12(10)25-3/h5-7,11H,4,8H2,1-3H3,(H,17,22)(H,18,19,20,23)/t11-/m1/s1. The average Bonchev–Trinajstić information content (AvgIpc) is 3.13. The lowest BCUT2D eigenvalue weighted by molar-refractivity contribution is -0.123. The lowest BCUT2D eigenvalue weighted by Gasteiger charge is -2.13. The van der Waals surface area contributed by atoms with Crippen LogP contribution in [0.1, 0.15) is 25.2 Å². The number of aromatic nitrogens is 3. The quantitative estimate of drug-likeness (QED) is 0.819. The summed E-state index contributed by atoms with van der Waals surface area (Å²) >= 11 is 0. The molecule has 0 saturated carbocycles. The van der Waals surface area contributed by atoms with Gasteiger partial charge in [-0.25, -0.2) is 4.68 Å². The molecule has 1 aromatic heterocycles. The number of benzene rings is 1. The van der Waals surface area contributed by atoms with Crippen LogP contribution in [0, 0.1) is 0 Å². The zero-order valence-corrected chi connectivity index (χ0v) is 14.2. The Hall–Kier alpha value is -3.10. The largest absolute Gasteiger partial charge is 0.497 e. The molecule has 9 nitrogen and oxygen atoms in total. The van der Waals surface area contributed by atoms with Gasteiger partial charge in [0.25, 0.3) is 5.91 Å². The van der Waals surface area contributed by atoms with Gasteiger partial charge in [-0.15, -0.1) is 0 Å². The predicted molar refractivity (Wildman–Crippen MR) is 89.9 cm³/mol. The second-order valence-corrected chi connectivity index (χ2v) is 5.47. The van der Waals surface area contributed by atoms with Gasteiger partial charge in [-0.1, -0.05) is 6.92 Å². The van der Waals surface area contributed by atoms with E-state index in [-0.39, 0.29) is 18.2 Å². The molecule has 2 N–H and O–H groups in total. The number of nitrogens with zero attached hydrogens (tertiary/aromatic N) is 3. The number of anilines is 2. The monoisotopic (exact) mass is 345 g/mol. The molecule has 3 rings (SSSR count). The van der Waals surface area contributed by atoms with Crippen LogP contribution < -0.4 is 20.1 Å². The maximum absolute atomic E-state index is 12.4. The van der Waals surface area contributed by atoms with E-state index < -0.39 is 6.04 Å². The van der Waals surface area contributed by atoms with Crippen molar-refractivity contribution in [2.45, 2.75) is 25.8 Å². The number of methoxy groups -OCH3 is 2. The summed E-state index contributed by atoms with van der Waals surface area (Å²) in [5, 5.41) is 9.65. The molecule has 25 heavy (non-hydrogen) atoms. The molecule has 0 aliphatic carbocycles. The minimum atomic E-state index is -0.723. The average molecular weight is 345 g/mol. The molecule has 1 aromatic carbocycles. The number of hydrogen-bond donors (Lipinski definition) is 2. The van der Waals surface area contributed by atoms with Gasteiger partial charge < -0.3 is 14.8 Å². The van der Waals surface area contributed by atoms with Gasteiger partial charge in [-0.3, -0.25) is 14.9 Å². The molecule has 1 aliphatic heterocycles. The number of rotatable bonds is 6. The van der Waals surface area contributed by atoms with Crippen LogP contribution in [0.15, 0.2) is 18.2 Å². The third-order valence-corrected chi connectivity index (χ3v) is 3.88. The summed E-state index contributed by atoms with van der Waals surface area (Å²) in [6, 6.07) is 4.35. The van der Waals surface area contributed by atoms with Crippen LogP contribution in [-0.4, -0.2) is 40.8 Å². The van der Waals surface area contributed by atoms with Gasteiger partial charge >= 0.3 is 0 Å². The Morgan fingerprint density at radius 2 is 2.16 bits per heavy atom. The lowest BCUT2D eigenvalue weighted by Crippen LogP contribution is -2.24. The van der Waals surface area contributed by atoms with Crippen LogP contribution in [0.5, 0.6) is 11.5 Å². The first-order valence-corrected chi connectivity index (χ1v) is 7.83. The minimum absolute atomic E-state index is 0.0638. The fourth-order valence-electron chi connectivity index (χ4n) is 2.59. The Morgan fingerprint density at radius 1 is 1.36 bits per heavy atom. The maximum atomic E-state index is 12.4. The van der Waals surface area contributed by atoms with Crippen molar-refractivity contribution in [2.75, 3.05) is 24.9 Å². The molecule has 0 fully saturated rings. The minimum Gasteiger partial charge on any atom is -0.497 e. The van der Waals surface area contributed by atoms with Crippen molar-refractivity contribution >= 4 is 23.5 Å². The van der Waals surface area contributed by atoms with Crippen LogP contribution in [-0.2, 0) is 16.0 Å². The van der Waals surface area contributed by atoms with Gasteiger partial charge in [0, 0.05) is 12.5 Å². The van der Waals surface area contributed by atoms with Crippen molar-refractivity contribution in [3.8, 4) is 11.5 Å². The van der Waals surface area contributed by atoms with E-state index in [2.05, 4.69) is 20.7 Å². The lowest BCUT2D eigenvalue weighted by atomic mass is 10.2. The zero-order chi connectivity index (χ0) is 18.0. The van der Waals surface area contributed by atoms with Crippen molar-refractivity contribution in [3.63, 3.8) is 0 Å². The molecule has 132 valence electrons. The van der Waals surface area contributed by atoms with Gasteiger partial charge in [0.05, 0.1) is 26.3 Å². The van der Waals surface area contributed by atoms with Crippen LogP contribution in [0.3, 0.4) is 0 Å². The highest BCUT2D eigenvalue weighted by atomic mass is 16.5. The molecule has 2 amide bonds. The number of fused-ring (bicyclic) bond motifs is 1. The highest BCUT2D eigenvalue weighted by molar-refractivity contribution is 6.01. The first kappa shape index (κ1) is 16.7. The van der Waals surface area contributed by atoms with Gasteiger partial charge in [0.1, 0.15) is 17.5 Å². The van der Waals surface area contributed by atoms with E-state index in [9.17, 15) is 9.59 Å². The van der Waals surface area contributed by atoms with Gasteiger partial charge in [0.15, 0.2) is 5.82 Å².